The number of hydrogen-bond acceptors (Lipinski definition) is 10. The summed E-state index contributed by atoms with van der Waals surface area (Å²) in [5, 5.41) is 58.8. The molecule has 4 atom stereocenters. The molecular formula is C21H18O11. The molecule has 1 saturated heterocycles. The maximum Gasteiger partial charge on any atom is 0.333 e. The van der Waals surface area contributed by atoms with Gasteiger partial charge in [-0.15, -0.1) is 0 Å². The number of phenols is 3. The van der Waals surface area contributed by atoms with E-state index in [1.807, 2.05) is 0 Å². The number of aliphatic hydroxyl groups is 2. The van der Waals surface area contributed by atoms with Gasteiger partial charge in [0.25, 0.3) is 0 Å². The van der Waals surface area contributed by atoms with Crippen LogP contribution >= 0.6 is 0 Å². The van der Waals surface area contributed by atoms with Crippen LogP contribution in [-0.2, 0) is 9.53 Å². The van der Waals surface area contributed by atoms with Crippen molar-refractivity contribution in [3.63, 3.8) is 0 Å². The van der Waals surface area contributed by atoms with E-state index in [1.54, 1.807) is 0 Å². The molecule has 4 rings (SSSR count). The van der Waals surface area contributed by atoms with Gasteiger partial charge in [-0.3, -0.25) is 4.79 Å². The molecule has 11 heteroatoms. The van der Waals surface area contributed by atoms with Crippen LogP contribution in [0, 0.1) is 0 Å². The second kappa shape index (κ2) is 8.04. The van der Waals surface area contributed by atoms with Crippen LogP contribution in [-0.4, -0.2) is 61.2 Å². The largest absolute Gasteiger partial charge is 0.508 e. The number of aliphatic carboxylic acids is 1. The molecule has 32 heavy (non-hydrogen) atoms. The first-order valence-corrected chi connectivity index (χ1v) is 9.39. The highest BCUT2D eigenvalue weighted by Gasteiger charge is 2.41. The van der Waals surface area contributed by atoms with Gasteiger partial charge in [-0.25, -0.2) is 4.79 Å². The van der Waals surface area contributed by atoms with Crippen LogP contribution in [0.2, 0.25) is 0 Å². The fourth-order valence-corrected chi connectivity index (χ4v) is 3.35. The van der Waals surface area contributed by atoms with E-state index in [-0.39, 0.29) is 28.9 Å². The Labute approximate surface area is 178 Å². The molecule has 6 N–H and O–H groups in total. The third-order valence-electron chi connectivity index (χ3n) is 5.03. The molecule has 0 spiro atoms. The van der Waals surface area contributed by atoms with Crippen molar-refractivity contribution < 1.29 is 49.3 Å². The van der Waals surface area contributed by atoms with Crippen LogP contribution in [0.3, 0.4) is 0 Å². The fraction of sp³-hybridized carbons (Fsp3) is 0.238. The zero-order chi connectivity index (χ0) is 23.2. The van der Waals surface area contributed by atoms with E-state index in [0.29, 0.717) is 5.56 Å². The van der Waals surface area contributed by atoms with Crippen LogP contribution in [0.25, 0.3) is 22.3 Å². The van der Waals surface area contributed by atoms with Crippen molar-refractivity contribution >= 4 is 16.9 Å². The lowest BCUT2D eigenvalue weighted by molar-refractivity contribution is -0.238. The Morgan fingerprint density at radius 3 is 2.38 bits per heavy atom. The zero-order valence-corrected chi connectivity index (χ0v) is 16.2. The summed E-state index contributed by atoms with van der Waals surface area (Å²) in [7, 11) is 0. The number of aliphatic hydroxyl groups excluding tert-OH is 2. The standard InChI is InChI=1S/C21H18O11/c22-9-3-1-8(2-4-9)12-5-10(23)16-13(30-12)7-14(18(26)19(16)27)31-21-17(25)11(24)6-15(32-21)20(28)29/h1-5,7,11,15,17,21-22,24-27H,6H2,(H,28,29)/t11-,15-,17-,21+/m0/s1. The lowest BCUT2D eigenvalue weighted by Crippen LogP contribution is -2.52. The smallest absolute Gasteiger partial charge is 0.333 e. The highest BCUT2D eigenvalue weighted by atomic mass is 16.7. The Morgan fingerprint density at radius 2 is 1.72 bits per heavy atom. The van der Waals surface area contributed by atoms with E-state index < -0.39 is 53.2 Å². The summed E-state index contributed by atoms with van der Waals surface area (Å²) in [6, 6.07) is 7.91. The molecule has 1 aliphatic heterocycles. The van der Waals surface area contributed by atoms with Crippen molar-refractivity contribution in [2.45, 2.75) is 31.0 Å². The minimum Gasteiger partial charge on any atom is -0.508 e. The molecule has 2 heterocycles. The van der Waals surface area contributed by atoms with Crippen molar-refractivity contribution in [3.8, 4) is 34.3 Å². The average Bonchev–Trinajstić information content (AvgIpc) is 2.74. The van der Waals surface area contributed by atoms with Crippen LogP contribution in [0.1, 0.15) is 6.42 Å². The van der Waals surface area contributed by atoms with Crippen LogP contribution in [0.4, 0.5) is 0 Å². The first-order valence-electron chi connectivity index (χ1n) is 9.39. The molecule has 0 radical (unpaired) electrons. The zero-order valence-electron chi connectivity index (χ0n) is 16.2. The topological polar surface area (TPSA) is 187 Å². The van der Waals surface area contributed by atoms with E-state index in [1.165, 1.54) is 24.3 Å². The molecule has 1 fully saturated rings. The third-order valence-corrected chi connectivity index (χ3v) is 5.03. The van der Waals surface area contributed by atoms with Gasteiger partial charge in [0.15, 0.2) is 23.0 Å². The molecule has 3 aromatic rings. The van der Waals surface area contributed by atoms with E-state index in [0.717, 1.165) is 12.1 Å². The SMILES string of the molecule is O=C(O)[C@@H]1C[C@H](O)[C@H](O)[C@H](Oc2cc3oc(-c4ccc(O)cc4)cc(=O)c3c(O)c2O)O1. The number of rotatable bonds is 4. The minimum absolute atomic E-state index is 0.00281. The molecule has 168 valence electrons. The van der Waals surface area contributed by atoms with E-state index in [4.69, 9.17) is 19.0 Å². The van der Waals surface area contributed by atoms with Gasteiger partial charge in [-0.05, 0) is 24.3 Å². The average molecular weight is 446 g/mol. The van der Waals surface area contributed by atoms with Crippen molar-refractivity contribution in [1.29, 1.82) is 0 Å². The summed E-state index contributed by atoms with van der Waals surface area (Å²) in [6.45, 7) is 0. The number of carbonyl (C=O) groups is 1. The van der Waals surface area contributed by atoms with Gasteiger partial charge in [0.1, 0.15) is 28.6 Å². The van der Waals surface area contributed by atoms with Gasteiger partial charge in [0, 0.05) is 24.1 Å². The number of benzene rings is 2. The molecule has 0 amide bonds. The maximum atomic E-state index is 12.5. The predicted molar refractivity (Wildman–Crippen MR) is 106 cm³/mol. The van der Waals surface area contributed by atoms with Gasteiger partial charge in [-0.1, -0.05) is 0 Å². The normalized spacial score (nSPS) is 23.2. The number of hydrogen-bond donors (Lipinski definition) is 6. The summed E-state index contributed by atoms with van der Waals surface area (Å²) in [4.78, 5) is 23.7. The summed E-state index contributed by atoms with van der Waals surface area (Å²) < 4.78 is 16.1. The summed E-state index contributed by atoms with van der Waals surface area (Å²) in [5.41, 5.74) is -0.425. The van der Waals surface area contributed by atoms with E-state index in [9.17, 15) is 35.1 Å². The predicted octanol–water partition coefficient (Wildman–Crippen LogP) is 0.877. The second-order valence-electron chi connectivity index (χ2n) is 7.21. The Kier molecular flexibility index (Phi) is 5.38. The van der Waals surface area contributed by atoms with Gasteiger partial charge in [0.05, 0.1) is 6.10 Å². The fourth-order valence-electron chi connectivity index (χ4n) is 3.35. The lowest BCUT2D eigenvalue weighted by atomic mass is 10.0. The number of fused-ring (bicyclic) bond motifs is 1. The molecule has 1 aromatic heterocycles. The lowest BCUT2D eigenvalue weighted by Gasteiger charge is -2.35. The third kappa shape index (κ3) is 3.80. The molecular weight excluding hydrogens is 428 g/mol. The number of ether oxygens (including phenoxy) is 2. The van der Waals surface area contributed by atoms with Crippen molar-refractivity contribution in [2.75, 3.05) is 0 Å². The van der Waals surface area contributed by atoms with Crippen LogP contribution in [0.5, 0.6) is 23.0 Å². The Morgan fingerprint density at radius 1 is 1.03 bits per heavy atom. The molecule has 2 aromatic carbocycles. The first-order chi connectivity index (χ1) is 15.2. The number of carboxylic acids is 1. The van der Waals surface area contributed by atoms with Crippen molar-refractivity contribution in [2.24, 2.45) is 0 Å². The summed E-state index contributed by atoms with van der Waals surface area (Å²) >= 11 is 0. The van der Waals surface area contributed by atoms with Crippen molar-refractivity contribution in [3.05, 3.63) is 46.6 Å². The minimum atomic E-state index is -1.70. The Bertz CT molecular complexity index is 1230. The summed E-state index contributed by atoms with van der Waals surface area (Å²) in [5.74, 6) is -3.51. The number of aromatic hydroxyl groups is 3. The number of carboxylic acid groups (broad SMARTS) is 1. The maximum absolute atomic E-state index is 12.5. The second-order valence-corrected chi connectivity index (χ2v) is 7.21. The first kappa shape index (κ1) is 21.4. The van der Waals surface area contributed by atoms with Crippen LogP contribution in [0.15, 0.2) is 45.6 Å². The quantitative estimate of drug-likeness (QED) is 0.312. The van der Waals surface area contributed by atoms with Crippen molar-refractivity contribution in [1.82, 2.24) is 0 Å². The van der Waals surface area contributed by atoms with E-state index in [2.05, 4.69) is 0 Å². The van der Waals surface area contributed by atoms with Gasteiger partial charge in [-0.2, -0.15) is 0 Å². The number of phenolic OH excluding ortho intramolecular Hbond substituents is 3. The molecule has 1 aliphatic rings. The molecule has 0 aliphatic carbocycles. The molecule has 11 nitrogen and oxygen atoms in total. The summed E-state index contributed by atoms with van der Waals surface area (Å²) in [6.07, 6.45) is -6.69. The van der Waals surface area contributed by atoms with Gasteiger partial charge < -0.3 is 44.5 Å². The molecule has 0 saturated carbocycles. The molecule has 0 unspecified atom stereocenters. The van der Waals surface area contributed by atoms with Gasteiger partial charge >= 0.3 is 5.97 Å². The monoisotopic (exact) mass is 446 g/mol. The van der Waals surface area contributed by atoms with E-state index >= 15 is 0 Å². The molecule has 0 bridgehead atoms. The highest BCUT2D eigenvalue weighted by molar-refractivity contribution is 5.89. The van der Waals surface area contributed by atoms with Gasteiger partial charge in [0.2, 0.25) is 12.0 Å². The Hall–Kier alpha value is -3.80. The Balaban J connectivity index is 1.76. The highest BCUT2D eigenvalue weighted by Crippen LogP contribution is 2.42. The van der Waals surface area contributed by atoms with Crippen LogP contribution < -0.4 is 10.2 Å².